The minimum atomic E-state index is 0.600. The lowest BCUT2D eigenvalue weighted by molar-refractivity contribution is 0.307. The Kier molecular flexibility index (Phi) is 5.43. The van der Waals surface area contributed by atoms with E-state index in [0.717, 1.165) is 35.1 Å². The Morgan fingerprint density at radius 3 is 2.69 bits per heavy atom. The summed E-state index contributed by atoms with van der Waals surface area (Å²) in [5.74, 6) is 1.49. The van der Waals surface area contributed by atoms with Gasteiger partial charge in [0.15, 0.2) is 11.5 Å². The molecule has 1 aromatic rings. The van der Waals surface area contributed by atoms with E-state index in [0.29, 0.717) is 6.61 Å². The number of nitrogens with one attached hydrogen (secondary N) is 1. The molecule has 0 bridgehead atoms. The van der Waals surface area contributed by atoms with E-state index in [4.69, 9.17) is 21.1 Å². The molecule has 1 rings (SSSR count). The molecule has 0 aliphatic carbocycles. The monoisotopic (exact) mass is 243 g/mol. The second-order valence-electron chi connectivity index (χ2n) is 3.34. The first-order chi connectivity index (χ1) is 7.74. The summed E-state index contributed by atoms with van der Waals surface area (Å²) in [6, 6.07) is 3.67. The van der Waals surface area contributed by atoms with Crippen LogP contribution >= 0.6 is 11.6 Å². The summed E-state index contributed by atoms with van der Waals surface area (Å²) < 4.78 is 10.9. The first kappa shape index (κ1) is 13.1. The quantitative estimate of drug-likeness (QED) is 0.833. The molecule has 0 aliphatic heterocycles. The van der Waals surface area contributed by atoms with E-state index in [-0.39, 0.29) is 0 Å². The fourth-order valence-corrected chi connectivity index (χ4v) is 1.77. The average Bonchev–Trinajstić information content (AvgIpc) is 2.29. The maximum absolute atomic E-state index is 6.17. The van der Waals surface area contributed by atoms with Crippen molar-refractivity contribution >= 4 is 11.6 Å². The molecule has 0 fully saturated rings. The highest BCUT2D eigenvalue weighted by molar-refractivity contribution is 6.31. The molecular weight excluding hydrogens is 226 g/mol. The van der Waals surface area contributed by atoms with E-state index in [1.165, 1.54) is 0 Å². The predicted octanol–water partition coefficient (Wildman–Crippen LogP) is 2.51. The lowest BCUT2D eigenvalue weighted by Crippen LogP contribution is -2.12. The zero-order valence-electron chi connectivity index (χ0n) is 9.97. The summed E-state index contributed by atoms with van der Waals surface area (Å²) in [6.07, 6.45) is 0.821. The van der Waals surface area contributed by atoms with Gasteiger partial charge in [-0.25, -0.2) is 0 Å². The Hall–Kier alpha value is -0.930. The van der Waals surface area contributed by atoms with Crippen LogP contribution in [0.5, 0.6) is 11.5 Å². The zero-order chi connectivity index (χ0) is 12.0. The van der Waals surface area contributed by atoms with E-state index in [1.54, 1.807) is 7.11 Å². The van der Waals surface area contributed by atoms with E-state index in [2.05, 4.69) is 5.32 Å². The summed E-state index contributed by atoms with van der Waals surface area (Å²) in [5.41, 5.74) is 0.997. The number of hydrogen-bond acceptors (Lipinski definition) is 3. The first-order valence-corrected chi connectivity index (χ1v) is 5.75. The molecule has 0 atom stereocenters. The first-order valence-electron chi connectivity index (χ1n) is 5.37. The van der Waals surface area contributed by atoms with Gasteiger partial charge in [-0.05, 0) is 39.1 Å². The number of hydrogen-bond donors (Lipinski definition) is 1. The number of methoxy groups -OCH3 is 1. The Labute approximate surface area is 102 Å². The van der Waals surface area contributed by atoms with Crippen LogP contribution in [0.25, 0.3) is 0 Å². The molecule has 0 saturated carbocycles. The Morgan fingerprint density at radius 1 is 1.38 bits per heavy atom. The average molecular weight is 244 g/mol. The Balaban J connectivity index is 3.08. The number of rotatable bonds is 6. The van der Waals surface area contributed by atoms with Gasteiger partial charge in [0.05, 0.1) is 13.7 Å². The van der Waals surface area contributed by atoms with Crippen LogP contribution in [0, 0.1) is 0 Å². The van der Waals surface area contributed by atoms with Gasteiger partial charge in [-0.1, -0.05) is 11.6 Å². The van der Waals surface area contributed by atoms with Crippen molar-refractivity contribution in [3.8, 4) is 11.5 Å². The number of ether oxygens (including phenoxy) is 2. The molecule has 0 radical (unpaired) electrons. The molecule has 0 unspecified atom stereocenters. The predicted molar refractivity (Wildman–Crippen MR) is 66.8 cm³/mol. The number of likely N-dealkylation sites (N-methyl/N-ethyl adjacent to an activating group) is 1. The fraction of sp³-hybridized carbons (Fsp3) is 0.500. The minimum absolute atomic E-state index is 0.600. The molecule has 0 amide bonds. The van der Waals surface area contributed by atoms with E-state index >= 15 is 0 Å². The Morgan fingerprint density at radius 2 is 2.12 bits per heavy atom. The molecule has 16 heavy (non-hydrogen) atoms. The van der Waals surface area contributed by atoms with Gasteiger partial charge in [-0.3, -0.25) is 0 Å². The molecule has 1 aromatic carbocycles. The highest BCUT2D eigenvalue weighted by Gasteiger charge is 2.13. The second-order valence-corrected chi connectivity index (χ2v) is 3.75. The molecule has 0 aliphatic rings. The van der Waals surface area contributed by atoms with E-state index in [9.17, 15) is 0 Å². The third kappa shape index (κ3) is 3.03. The summed E-state index contributed by atoms with van der Waals surface area (Å²) >= 11 is 6.17. The van der Waals surface area contributed by atoms with Crippen LogP contribution in [-0.2, 0) is 6.42 Å². The molecule has 0 heterocycles. The van der Waals surface area contributed by atoms with Gasteiger partial charge >= 0.3 is 0 Å². The summed E-state index contributed by atoms with van der Waals surface area (Å²) in [7, 11) is 3.54. The third-order valence-electron chi connectivity index (χ3n) is 2.30. The van der Waals surface area contributed by atoms with Crippen molar-refractivity contribution in [3.63, 3.8) is 0 Å². The van der Waals surface area contributed by atoms with Crippen molar-refractivity contribution in [2.45, 2.75) is 13.3 Å². The van der Waals surface area contributed by atoms with Crippen LogP contribution in [0.1, 0.15) is 12.5 Å². The standard InChI is InChI=1S/C12H18ClNO2/c1-4-16-12-9(7-8-14-2)10(13)5-6-11(12)15-3/h5-6,14H,4,7-8H2,1-3H3. The highest BCUT2D eigenvalue weighted by atomic mass is 35.5. The van der Waals surface area contributed by atoms with Crippen molar-refractivity contribution in [3.05, 3.63) is 22.7 Å². The van der Waals surface area contributed by atoms with E-state index < -0.39 is 0 Å². The normalized spacial score (nSPS) is 10.2. The van der Waals surface area contributed by atoms with Crippen LogP contribution in [0.4, 0.5) is 0 Å². The lowest BCUT2D eigenvalue weighted by atomic mass is 10.1. The van der Waals surface area contributed by atoms with E-state index in [1.807, 2.05) is 26.1 Å². The maximum Gasteiger partial charge on any atom is 0.165 e. The summed E-state index contributed by atoms with van der Waals surface area (Å²) in [4.78, 5) is 0. The molecule has 4 heteroatoms. The second kappa shape index (κ2) is 6.61. The van der Waals surface area contributed by atoms with Crippen LogP contribution in [0.3, 0.4) is 0 Å². The van der Waals surface area contributed by atoms with Gasteiger partial charge in [0, 0.05) is 10.6 Å². The van der Waals surface area contributed by atoms with Crippen molar-refractivity contribution in [2.75, 3.05) is 27.3 Å². The minimum Gasteiger partial charge on any atom is -0.493 e. The number of halogens is 1. The largest absolute Gasteiger partial charge is 0.493 e. The zero-order valence-corrected chi connectivity index (χ0v) is 10.7. The van der Waals surface area contributed by atoms with Gasteiger partial charge < -0.3 is 14.8 Å². The van der Waals surface area contributed by atoms with Gasteiger partial charge in [0.1, 0.15) is 0 Å². The smallest absolute Gasteiger partial charge is 0.165 e. The molecule has 0 aromatic heterocycles. The molecule has 3 nitrogen and oxygen atoms in total. The van der Waals surface area contributed by atoms with Crippen LogP contribution in [0.2, 0.25) is 5.02 Å². The molecular formula is C12H18ClNO2. The van der Waals surface area contributed by atoms with Crippen LogP contribution < -0.4 is 14.8 Å². The summed E-state index contributed by atoms with van der Waals surface area (Å²) in [6.45, 7) is 3.40. The van der Waals surface area contributed by atoms with Crippen molar-refractivity contribution in [1.82, 2.24) is 5.32 Å². The van der Waals surface area contributed by atoms with Gasteiger partial charge in [-0.15, -0.1) is 0 Å². The van der Waals surface area contributed by atoms with Crippen LogP contribution in [-0.4, -0.2) is 27.3 Å². The SMILES string of the molecule is CCOc1c(OC)ccc(Cl)c1CCNC. The molecule has 0 saturated heterocycles. The molecule has 1 N–H and O–H groups in total. The maximum atomic E-state index is 6.17. The lowest BCUT2D eigenvalue weighted by Gasteiger charge is -2.15. The molecule has 90 valence electrons. The summed E-state index contributed by atoms with van der Waals surface area (Å²) in [5, 5.41) is 3.82. The van der Waals surface area contributed by atoms with Crippen molar-refractivity contribution < 1.29 is 9.47 Å². The highest BCUT2D eigenvalue weighted by Crippen LogP contribution is 2.36. The van der Waals surface area contributed by atoms with Crippen molar-refractivity contribution in [1.29, 1.82) is 0 Å². The van der Waals surface area contributed by atoms with Gasteiger partial charge in [0.25, 0.3) is 0 Å². The molecule has 0 spiro atoms. The fourth-order valence-electron chi connectivity index (χ4n) is 1.53. The van der Waals surface area contributed by atoms with Gasteiger partial charge in [-0.2, -0.15) is 0 Å². The van der Waals surface area contributed by atoms with Gasteiger partial charge in [0.2, 0.25) is 0 Å². The van der Waals surface area contributed by atoms with Crippen LogP contribution in [0.15, 0.2) is 12.1 Å². The van der Waals surface area contributed by atoms with Crippen molar-refractivity contribution in [2.24, 2.45) is 0 Å². The third-order valence-corrected chi connectivity index (χ3v) is 2.65. The Bertz CT molecular complexity index is 342. The number of benzene rings is 1. The topological polar surface area (TPSA) is 30.5 Å².